The zero-order valence-corrected chi connectivity index (χ0v) is 33.0. The van der Waals surface area contributed by atoms with E-state index in [9.17, 15) is 0 Å². The number of halogens is 2. The minimum absolute atomic E-state index is 0. The fourth-order valence-electron chi connectivity index (χ4n) is 10.7. The Balaban J connectivity index is 0.00000186. The Kier molecular flexibility index (Phi) is 9.27. The molecule has 0 saturated heterocycles. The third-order valence-corrected chi connectivity index (χ3v) is 22.1. The normalized spacial score (nSPS) is 29.0. The molecule has 0 heterocycles. The first-order valence-corrected chi connectivity index (χ1v) is 21.3. The number of aryl methyl sites for hydroxylation is 5. The Bertz CT molecular complexity index is 1720. The zero-order chi connectivity index (χ0) is 30.7. The van der Waals surface area contributed by atoms with Gasteiger partial charge in [0.2, 0.25) is 0 Å². The number of rotatable bonds is 4. The van der Waals surface area contributed by atoms with E-state index in [4.69, 9.17) is 0 Å². The molecule has 4 fully saturated rings. The maximum Gasteiger partial charge on any atom is -1.00 e. The van der Waals surface area contributed by atoms with E-state index >= 15 is 0 Å². The van der Waals surface area contributed by atoms with Crippen LogP contribution in [-0.2, 0) is 21.3 Å². The number of fused-ring (bicyclic) bond motifs is 3. The van der Waals surface area contributed by atoms with E-state index in [1.807, 2.05) is 3.28 Å². The van der Waals surface area contributed by atoms with Gasteiger partial charge in [-0.2, -0.15) is 0 Å². The second kappa shape index (κ2) is 12.4. The van der Waals surface area contributed by atoms with E-state index < -0.39 is 21.3 Å². The fraction of sp³-hybridized carbons (Fsp3) is 0.465. The van der Waals surface area contributed by atoms with E-state index in [0.717, 1.165) is 23.7 Å². The smallest absolute Gasteiger partial charge is 1.00 e. The van der Waals surface area contributed by atoms with E-state index in [0.29, 0.717) is 15.0 Å². The number of allylic oxidation sites excluding steroid dienone is 4. The van der Waals surface area contributed by atoms with Crippen LogP contribution in [-0.4, -0.2) is 3.21 Å². The van der Waals surface area contributed by atoms with Crippen LogP contribution < -0.4 is 24.8 Å². The average Bonchev–Trinajstić information content (AvgIpc) is 3.50. The van der Waals surface area contributed by atoms with E-state index in [2.05, 4.69) is 116 Å². The van der Waals surface area contributed by atoms with E-state index in [-0.39, 0.29) is 24.8 Å². The van der Waals surface area contributed by atoms with Gasteiger partial charge in [0, 0.05) is 0 Å². The van der Waals surface area contributed by atoms with Gasteiger partial charge in [0.05, 0.1) is 0 Å². The molecule has 9 rings (SSSR count). The second-order valence-corrected chi connectivity index (χ2v) is 22.7. The van der Waals surface area contributed by atoms with Gasteiger partial charge in [-0.15, -0.1) is 0 Å². The molecule has 3 aromatic rings. The number of benzene rings is 3. The topological polar surface area (TPSA) is 0 Å². The summed E-state index contributed by atoms with van der Waals surface area (Å²) in [6.45, 7) is 19.3. The SMILES string of the molecule is C/[C](c1ccc(C)cc1)=[Zr+2](/[C]1=CC(C2(C)C3CC4CC(C3)CC2C4)=CC1C)[CH]1c2cc(C)c(C)cc2-c2cc(C)c(C)cc21.[Cl-].[Cl-]. The van der Waals surface area contributed by atoms with Crippen LogP contribution >= 0.6 is 0 Å². The average molecular weight is 729 g/mol. The summed E-state index contributed by atoms with van der Waals surface area (Å²) in [6, 6.07) is 19.8. The summed E-state index contributed by atoms with van der Waals surface area (Å²) in [5.74, 6) is 4.36. The van der Waals surface area contributed by atoms with Crippen LogP contribution in [0.4, 0.5) is 0 Å². The van der Waals surface area contributed by atoms with E-state index in [1.54, 1.807) is 19.9 Å². The van der Waals surface area contributed by atoms with Gasteiger partial charge in [-0.05, 0) is 0 Å². The minimum atomic E-state index is -2.56. The Morgan fingerprint density at radius 3 is 1.67 bits per heavy atom. The summed E-state index contributed by atoms with van der Waals surface area (Å²) < 4.78 is 4.08. The molecule has 3 aromatic carbocycles. The third-order valence-electron chi connectivity index (χ3n) is 13.4. The first-order valence-electron chi connectivity index (χ1n) is 17.5. The minimum Gasteiger partial charge on any atom is -1.00 e. The van der Waals surface area contributed by atoms with Crippen molar-refractivity contribution in [2.24, 2.45) is 35.0 Å². The Labute approximate surface area is 298 Å². The Morgan fingerprint density at radius 1 is 0.696 bits per heavy atom. The summed E-state index contributed by atoms with van der Waals surface area (Å²) in [7, 11) is 0. The van der Waals surface area contributed by atoms with Crippen molar-refractivity contribution in [3.8, 4) is 11.1 Å². The molecular weight excluding hydrogens is 679 g/mol. The molecule has 0 aromatic heterocycles. The molecule has 6 aliphatic carbocycles. The first-order chi connectivity index (χ1) is 21.0. The zero-order valence-electron chi connectivity index (χ0n) is 29.0. The van der Waals surface area contributed by atoms with Crippen molar-refractivity contribution in [1.82, 2.24) is 0 Å². The summed E-state index contributed by atoms with van der Waals surface area (Å²) in [5, 5.41) is 0. The second-order valence-electron chi connectivity index (χ2n) is 16.0. The van der Waals surface area contributed by atoms with Crippen LogP contribution in [0.15, 0.2) is 69.5 Å². The first kappa shape index (κ1) is 34.3. The molecule has 46 heavy (non-hydrogen) atoms. The number of hydrogen-bond donors (Lipinski definition) is 0. The van der Waals surface area contributed by atoms with Crippen molar-refractivity contribution in [1.29, 1.82) is 0 Å². The van der Waals surface area contributed by atoms with Crippen molar-refractivity contribution in [2.75, 3.05) is 0 Å². The van der Waals surface area contributed by atoms with Crippen molar-refractivity contribution in [3.05, 3.63) is 114 Å². The van der Waals surface area contributed by atoms with Gasteiger partial charge in [0.1, 0.15) is 0 Å². The molecule has 0 amide bonds. The summed E-state index contributed by atoms with van der Waals surface area (Å²) in [4.78, 5) is 0. The van der Waals surface area contributed by atoms with E-state index in [1.165, 1.54) is 76.6 Å². The molecule has 0 spiro atoms. The summed E-state index contributed by atoms with van der Waals surface area (Å²) >= 11 is -2.56. The maximum atomic E-state index is 2.85. The predicted octanol–water partition coefficient (Wildman–Crippen LogP) is 5.09. The molecule has 1 unspecified atom stereocenters. The van der Waals surface area contributed by atoms with Crippen LogP contribution in [0, 0.1) is 69.6 Å². The van der Waals surface area contributed by atoms with Gasteiger partial charge >= 0.3 is 276 Å². The van der Waals surface area contributed by atoms with Gasteiger partial charge in [0.15, 0.2) is 0 Å². The Hall–Kier alpha value is -1.53. The van der Waals surface area contributed by atoms with Crippen LogP contribution in [0.3, 0.4) is 0 Å². The molecule has 1 atom stereocenters. The van der Waals surface area contributed by atoms with Crippen molar-refractivity contribution < 1.29 is 46.1 Å². The standard InChI is InChI=1S/C17H23.C17H17.C9H10.2ClH.Zr/c1-11-3-4-14(5-11)17(2)15-7-12-6-13(9-15)10-16(17)8-12;1-10-5-14-9-15-6-11(2)13(4)8-17(15)16(14)7-12(10)3;1-3-9-6-4-8(2)5-7-9;;;/h4-5,11-13,15-16H,6-10H2,1-2H3;5-9H,1-4H3;4-7H,1-2H3;2*1H;/q;;;;;+2/p-2. The number of hydrogen-bond acceptors (Lipinski definition) is 0. The molecule has 4 bridgehead atoms. The maximum absolute atomic E-state index is 2.85. The molecule has 0 aliphatic heterocycles. The summed E-state index contributed by atoms with van der Waals surface area (Å²) in [5.41, 5.74) is 16.9. The van der Waals surface area contributed by atoms with Crippen LogP contribution in [0.25, 0.3) is 11.1 Å². The van der Waals surface area contributed by atoms with Gasteiger partial charge in [-0.1, -0.05) is 0 Å². The molecule has 0 N–H and O–H groups in total. The van der Waals surface area contributed by atoms with Crippen LogP contribution in [0.1, 0.15) is 101 Å². The van der Waals surface area contributed by atoms with Gasteiger partial charge in [-0.3, -0.25) is 0 Å². The van der Waals surface area contributed by atoms with Crippen molar-refractivity contribution >= 4 is 3.21 Å². The van der Waals surface area contributed by atoms with Gasteiger partial charge < -0.3 is 24.8 Å². The molecule has 240 valence electrons. The quantitative estimate of drug-likeness (QED) is 0.352. The van der Waals surface area contributed by atoms with Crippen molar-refractivity contribution in [2.45, 2.75) is 91.1 Å². The monoisotopic (exact) mass is 726 g/mol. The molecule has 0 radical (unpaired) electrons. The van der Waals surface area contributed by atoms with Gasteiger partial charge in [0.25, 0.3) is 0 Å². The molecule has 0 nitrogen and oxygen atoms in total. The summed E-state index contributed by atoms with van der Waals surface area (Å²) in [6.07, 6.45) is 13.1. The van der Waals surface area contributed by atoms with Crippen molar-refractivity contribution in [3.63, 3.8) is 0 Å². The van der Waals surface area contributed by atoms with Crippen LogP contribution in [0.5, 0.6) is 0 Å². The molecule has 4 saturated carbocycles. The predicted molar refractivity (Wildman–Crippen MR) is 184 cm³/mol. The Morgan fingerprint density at radius 2 is 1.17 bits per heavy atom. The largest absolute Gasteiger partial charge is 1.00 e. The third kappa shape index (κ3) is 5.20. The molecule has 6 aliphatic rings. The van der Waals surface area contributed by atoms with Gasteiger partial charge in [-0.25, -0.2) is 0 Å². The van der Waals surface area contributed by atoms with Crippen LogP contribution in [0.2, 0.25) is 0 Å². The molecule has 3 heteroatoms. The fourth-order valence-corrected chi connectivity index (χ4v) is 19.7. The molecular formula is C43H50Cl2Zr.